The van der Waals surface area contributed by atoms with Gasteiger partial charge in [-0.15, -0.1) is 0 Å². The van der Waals surface area contributed by atoms with Gasteiger partial charge >= 0.3 is 6.09 Å². The number of aromatic nitrogens is 2. The Morgan fingerprint density at radius 1 is 1.22 bits per heavy atom. The van der Waals surface area contributed by atoms with E-state index in [0.717, 1.165) is 41.6 Å². The van der Waals surface area contributed by atoms with Crippen molar-refractivity contribution in [1.29, 1.82) is 0 Å². The number of carbonyl (C=O) groups is 2. The number of ether oxygens (including phenoxy) is 4. The Kier molecular flexibility index (Phi) is 8.38. The number of fused-ring (bicyclic) bond motifs is 1. The Morgan fingerprint density at radius 2 is 2.02 bits per heavy atom. The minimum absolute atomic E-state index is 0.0508. The molecule has 0 bridgehead atoms. The van der Waals surface area contributed by atoms with Crippen LogP contribution in [0.4, 0.5) is 4.79 Å². The maximum absolute atomic E-state index is 13.9. The van der Waals surface area contributed by atoms with Crippen molar-refractivity contribution in [2.45, 2.75) is 70.8 Å². The summed E-state index contributed by atoms with van der Waals surface area (Å²) in [7, 11) is 1.69. The molecule has 1 aliphatic carbocycles. The molecule has 41 heavy (non-hydrogen) atoms. The maximum atomic E-state index is 13.9. The summed E-state index contributed by atoms with van der Waals surface area (Å²) < 4.78 is 32.7. The van der Waals surface area contributed by atoms with Crippen LogP contribution in [0, 0.1) is 0 Å². The van der Waals surface area contributed by atoms with Crippen LogP contribution in [0.3, 0.4) is 0 Å². The Labute approximate surface area is 242 Å². The molecule has 1 aromatic carbocycles. The molecule has 1 saturated carbocycles. The highest BCUT2D eigenvalue weighted by Crippen LogP contribution is 2.36. The van der Waals surface area contributed by atoms with Crippen molar-refractivity contribution in [3.8, 4) is 11.5 Å². The van der Waals surface area contributed by atoms with Crippen molar-refractivity contribution < 1.29 is 29.9 Å². The lowest BCUT2D eigenvalue weighted by atomic mass is 10.1. The summed E-state index contributed by atoms with van der Waals surface area (Å²) in [5.74, 6) is 1.24. The molecule has 1 saturated heterocycles. The first kappa shape index (κ1) is 27.5. The second-order valence-electron chi connectivity index (χ2n) is 11.2. The molecule has 220 valence electrons. The SMILES string of the molecule is [2H]CC(C)(C)OC(=O)N1CCOC(C(=O)N(Cc2cn(CCCOC)c3nccc(Oc4ccccc4)c23)C2CC2)C1. The van der Waals surface area contributed by atoms with Gasteiger partial charge in [-0.05, 0) is 58.2 Å². The number of benzene rings is 1. The fourth-order valence-electron chi connectivity index (χ4n) is 5.04. The highest BCUT2D eigenvalue weighted by atomic mass is 16.6. The monoisotopic (exact) mass is 565 g/mol. The van der Waals surface area contributed by atoms with Crippen LogP contribution in [-0.4, -0.2) is 82.5 Å². The number of hydrogen-bond acceptors (Lipinski definition) is 7. The Balaban J connectivity index is 1.40. The van der Waals surface area contributed by atoms with E-state index in [2.05, 4.69) is 10.8 Å². The van der Waals surface area contributed by atoms with E-state index < -0.39 is 17.8 Å². The van der Waals surface area contributed by atoms with Gasteiger partial charge in [-0.25, -0.2) is 9.78 Å². The number of amides is 2. The van der Waals surface area contributed by atoms with Crippen LogP contribution in [-0.2, 0) is 32.1 Å². The molecule has 2 fully saturated rings. The number of nitrogens with zero attached hydrogens (tertiary/aromatic N) is 4. The minimum Gasteiger partial charge on any atom is -0.457 e. The van der Waals surface area contributed by atoms with Gasteiger partial charge < -0.3 is 33.3 Å². The van der Waals surface area contributed by atoms with Crippen LogP contribution in [0.5, 0.6) is 11.5 Å². The van der Waals surface area contributed by atoms with Gasteiger partial charge in [-0.2, -0.15) is 0 Å². The predicted molar refractivity (Wildman–Crippen MR) is 154 cm³/mol. The van der Waals surface area contributed by atoms with Gasteiger partial charge in [0.05, 0.1) is 18.5 Å². The van der Waals surface area contributed by atoms with Crippen molar-refractivity contribution in [3.05, 3.63) is 54.4 Å². The average molecular weight is 566 g/mol. The molecular formula is C31H40N4O6. The third-order valence-electron chi connectivity index (χ3n) is 7.09. The molecule has 0 spiro atoms. The molecule has 1 atom stereocenters. The summed E-state index contributed by atoms with van der Waals surface area (Å²) in [6.45, 7) is 5.73. The fourth-order valence-corrected chi connectivity index (χ4v) is 5.04. The molecule has 0 radical (unpaired) electrons. The molecule has 5 rings (SSSR count). The molecule has 1 unspecified atom stereocenters. The van der Waals surface area contributed by atoms with E-state index in [1.54, 1.807) is 27.2 Å². The zero-order valence-electron chi connectivity index (χ0n) is 25.1. The Morgan fingerprint density at radius 3 is 2.76 bits per heavy atom. The van der Waals surface area contributed by atoms with E-state index in [-0.39, 0.29) is 32.0 Å². The number of methoxy groups -OCH3 is 1. The molecule has 2 aliphatic rings. The number of para-hydroxylation sites is 1. The maximum Gasteiger partial charge on any atom is 0.410 e. The molecule has 0 N–H and O–H groups in total. The number of hydrogen-bond donors (Lipinski definition) is 0. The summed E-state index contributed by atoms with van der Waals surface area (Å²) in [6, 6.07) is 11.6. The largest absolute Gasteiger partial charge is 0.457 e. The molecule has 10 nitrogen and oxygen atoms in total. The van der Waals surface area contributed by atoms with E-state index in [0.29, 0.717) is 32.0 Å². The molecular weight excluding hydrogens is 524 g/mol. The molecule has 10 heteroatoms. The number of carbonyl (C=O) groups excluding carboxylic acids is 2. The van der Waals surface area contributed by atoms with Gasteiger partial charge in [-0.3, -0.25) is 4.79 Å². The van der Waals surface area contributed by atoms with Crippen molar-refractivity contribution in [3.63, 3.8) is 0 Å². The summed E-state index contributed by atoms with van der Waals surface area (Å²) in [5.41, 5.74) is 0.823. The lowest BCUT2D eigenvalue weighted by Gasteiger charge is -2.35. The van der Waals surface area contributed by atoms with E-state index in [1.165, 1.54) is 4.90 Å². The molecule has 2 aromatic heterocycles. The van der Waals surface area contributed by atoms with Crippen molar-refractivity contribution in [2.24, 2.45) is 0 Å². The highest BCUT2D eigenvalue weighted by molar-refractivity contribution is 5.88. The first-order chi connectivity index (χ1) is 20.3. The third-order valence-corrected chi connectivity index (χ3v) is 7.09. The predicted octanol–water partition coefficient (Wildman–Crippen LogP) is 4.99. The summed E-state index contributed by atoms with van der Waals surface area (Å²) in [4.78, 5) is 34.8. The van der Waals surface area contributed by atoms with Gasteiger partial charge in [0.15, 0.2) is 6.10 Å². The average Bonchev–Trinajstić information content (AvgIpc) is 3.78. The van der Waals surface area contributed by atoms with Crippen LogP contribution >= 0.6 is 0 Å². The minimum atomic E-state index is -0.903. The van der Waals surface area contributed by atoms with Crippen molar-refractivity contribution in [2.75, 3.05) is 33.4 Å². The smallest absolute Gasteiger partial charge is 0.410 e. The van der Waals surface area contributed by atoms with E-state index in [4.69, 9.17) is 25.3 Å². The molecule has 3 heterocycles. The van der Waals surface area contributed by atoms with Gasteiger partial charge in [0.1, 0.15) is 22.7 Å². The van der Waals surface area contributed by atoms with Crippen molar-refractivity contribution in [1.82, 2.24) is 19.4 Å². The van der Waals surface area contributed by atoms with Crippen LogP contribution in [0.15, 0.2) is 48.8 Å². The van der Waals surface area contributed by atoms with Crippen LogP contribution in [0.25, 0.3) is 11.0 Å². The summed E-state index contributed by atoms with van der Waals surface area (Å²) in [5, 5.41) is 0.865. The van der Waals surface area contributed by atoms with Crippen LogP contribution in [0.2, 0.25) is 0 Å². The first-order valence-electron chi connectivity index (χ1n) is 14.9. The second kappa shape index (κ2) is 12.5. The molecule has 1 aliphatic heterocycles. The summed E-state index contributed by atoms with van der Waals surface area (Å²) >= 11 is 0. The van der Waals surface area contributed by atoms with Crippen LogP contribution < -0.4 is 4.74 Å². The molecule has 2 amide bonds. The molecule has 3 aromatic rings. The lowest BCUT2D eigenvalue weighted by Crippen LogP contribution is -2.53. The first-order valence-corrected chi connectivity index (χ1v) is 14.2. The van der Waals surface area contributed by atoms with E-state index in [9.17, 15) is 9.59 Å². The summed E-state index contributed by atoms with van der Waals surface area (Å²) in [6.07, 6.45) is 5.13. The normalized spacial score (nSPS) is 17.8. The topological polar surface area (TPSA) is 95.4 Å². The third kappa shape index (κ3) is 7.18. The van der Waals surface area contributed by atoms with E-state index >= 15 is 0 Å². The van der Waals surface area contributed by atoms with Crippen LogP contribution in [0.1, 0.15) is 46.9 Å². The zero-order chi connectivity index (χ0) is 29.7. The van der Waals surface area contributed by atoms with Gasteiger partial charge in [0, 0.05) is 58.7 Å². The van der Waals surface area contributed by atoms with E-state index in [1.807, 2.05) is 41.3 Å². The van der Waals surface area contributed by atoms with Crippen molar-refractivity contribution >= 4 is 23.0 Å². The highest BCUT2D eigenvalue weighted by Gasteiger charge is 2.40. The van der Waals surface area contributed by atoms with Gasteiger partial charge in [0.2, 0.25) is 0 Å². The Bertz CT molecular complexity index is 1380. The second-order valence-corrected chi connectivity index (χ2v) is 11.2. The number of aryl methyl sites for hydroxylation is 1. The van der Waals surface area contributed by atoms with Gasteiger partial charge in [0.25, 0.3) is 5.91 Å². The van der Waals surface area contributed by atoms with Gasteiger partial charge in [-0.1, -0.05) is 18.2 Å². The Hall–Kier alpha value is -3.63. The number of pyridine rings is 1. The lowest BCUT2D eigenvalue weighted by molar-refractivity contribution is -0.150. The fraction of sp³-hybridized carbons (Fsp3) is 0.516. The quantitative estimate of drug-likeness (QED) is 0.320. The number of morpholine rings is 1. The standard InChI is InChI=1S/C31H40N4O6/c1-31(2,3)41-30(37)34-16-18-39-26(21-34)29(36)35(23-11-12-23)20-22-19-33(15-8-17-38-4)28-27(22)25(13-14-32-28)40-24-9-6-5-7-10-24/h5-7,9-10,13-14,19,23,26H,8,11-12,15-18,20-21H2,1-4H3/i1D. The zero-order valence-corrected chi connectivity index (χ0v) is 24.1. The number of rotatable bonds is 10.